The molecule has 0 saturated carbocycles. The van der Waals surface area contributed by atoms with Gasteiger partial charge in [-0.3, -0.25) is 4.90 Å². The SMILES string of the molecule is Cn1cccc1[C@@H]1CCCN1CCS(=O)(=O)c1ccc(Cl)cc1. The molecule has 23 heavy (non-hydrogen) atoms. The van der Waals surface area contributed by atoms with Crippen LogP contribution in [-0.2, 0) is 16.9 Å². The first-order chi connectivity index (χ1) is 11.0. The van der Waals surface area contributed by atoms with Crippen LogP contribution in [-0.4, -0.2) is 36.7 Å². The van der Waals surface area contributed by atoms with Crippen molar-refractivity contribution in [2.24, 2.45) is 7.05 Å². The molecule has 1 aromatic heterocycles. The van der Waals surface area contributed by atoms with Gasteiger partial charge in [0.2, 0.25) is 0 Å². The molecule has 1 fully saturated rings. The van der Waals surface area contributed by atoms with Crippen LogP contribution >= 0.6 is 11.6 Å². The van der Waals surface area contributed by atoms with Crippen LogP contribution in [0.4, 0.5) is 0 Å². The fourth-order valence-corrected chi connectivity index (χ4v) is 4.63. The van der Waals surface area contributed by atoms with E-state index in [1.54, 1.807) is 24.3 Å². The number of aryl methyl sites for hydroxylation is 1. The number of benzene rings is 1. The number of aromatic nitrogens is 1. The Kier molecular flexibility index (Phi) is 4.80. The van der Waals surface area contributed by atoms with Gasteiger partial charge in [-0.05, 0) is 55.8 Å². The second-order valence-corrected chi connectivity index (χ2v) is 8.56. The highest BCUT2D eigenvalue weighted by Crippen LogP contribution is 2.31. The van der Waals surface area contributed by atoms with Gasteiger partial charge in [-0.15, -0.1) is 0 Å². The lowest BCUT2D eigenvalue weighted by atomic mass is 10.1. The van der Waals surface area contributed by atoms with E-state index >= 15 is 0 Å². The van der Waals surface area contributed by atoms with E-state index in [4.69, 9.17) is 11.6 Å². The van der Waals surface area contributed by atoms with Crippen LogP contribution in [0.5, 0.6) is 0 Å². The smallest absolute Gasteiger partial charge is 0.179 e. The van der Waals surface area contributed by atoms with E-state index in [0.29, 0.717) is 22.5 Å². The lowest BCUT2D eigenvalue weighted by Gasteiger charge is -2.25. The summed E-state index contributed by atoms with van der Waals surface area (Å²) in [5.74, 6) is 0.134. The van der Waals surface area contributed by atoms with Crippen molar-refractivity contribution in [2.75, 3.05) is 18.8 Å². The van der Waals surface area contributed by atoms with Gasteiger partial charge < -0.3 is 4.57 Å². The Morgan fingerprint density at radius 2 is 1.96 bits per heavy atom. The third-order valence-corrected chi connectivity index (χ3v) is 6.47. The molecule has 2 aromatic rings. The minimum Gasteiger partial charge on any atom is -0.353 e. The van der Waals surface area contributed by atoms with E-state index in [9.17, 15) is 8.42 Å². The molecule has 1 saturated heterocycles. The van der Waals surface area contributed by atoms with Gasteiger partial charge in [-0.1, -0.05) is 11.6 Å². The Morgan fingerprint density at radius 1 is 1.22 bits per heavy atom. The molecule has 0 bridgehead atoms. The van der Waals surface area contributed by atoms with Gasteiger partial charge in [-0.2, -0.15) is 0 Å². The predicted octanol–water partition coefficient (Wildman–Crippen LogP) is 3.29. The maximum atomic E-state index is 12.5. The molecule has 0 spiro atoms. The molecule has 0 amide bonds. The second-order valence-electron chi connectivity index (χ2n) is 6.01. The monoisotopic (exact) mass is 352 g/mol. The van der Waals surface area contributed by atoms with E-state index in [1.165, 1.54) is 5.69 Å². The molecule has 1 aliphatic heterocycles. The highest BCUT2D eigenvalue weighted by atomic mass is 35.5. The molecule has 1 aliphatic rings. The molecule has 0 N–H and O–H groups in total. The molecule has 6 heteroatoms. The van der Waals surface area contributed by atoms with Crippen molar-refractivity contribution < 1.29 is 8.42 Å². The number of hydrogen-bond donors (Lipinski definition) is 0. The summed E-state index contributed by atoms with van der Waals surface area (Å²) in [7, 11) is -1.24. The summed E-state index contributed by atoms with van der Waals surface area (Å²) in [6, 6.07) is 10.9. The average Bonchev–Trinajstić information content (AvgIpc) is 3.14. The summed E-state index contributed by atoms with van der Waals surface area (Å²) in [4.78, 5) is 2.62. The van der Waals surface area contributed by atoms with Crippen molar-refractivity contribution in [1.82, 2.24) is 9.47 Å². The fraction of sp³-hybridized carbons (Fsp3) is 0.412. The highest BCUT2D eigenvalue weighted by Gasteiger charge is 2.28. The van der Waals surface area contributed by atoms with Gasteiger partial charge in [0.25, 0.3) is 0 Å². The van der Waals surface area contributed by atoms with Gasteiger partial charge in [0.15, 0.2) is 9.84 Å². The summed E-state index contributed by atoms with van der Waals surface area (Å²) in [5, 5.41) is 0.548. The summed E-state index contributed by atoms with van der Waals surface area (Å²) in [5.41, 5.74) is 1.26. The normalized spacial score (nSPS) is 19.3. The van der Waals surface area contributed by atoms with Crippen LogP contribution in [0.1, 0.15) is 24.6 Å². The van der Waals surface area contributed by atoms with E-state index in [2.05, 4.69) is 15.5 Å². The van der Waals surface area contributed by atoms with Gasteiger partial charge in [0.1, 0.15) is 0 Å². The first kappa shape index (κ1) is 16.6. The van der Waals surface area contributed by atoms with Crippen molar-refractivity contribution in [2.45, 2.75) is 23.8 Å². The van der Waals surface area contributed by atoms with E-state index in [-0.39, 0.29) is 5.75 Å². The Bertz CT molecular complexity index is 768. The van der Waals surface area contributed by atoms with Gasteiger partial charge in [-0.25, -0.2) is 8.42 Å². The number of nitrogens with zero attached hydrogens (tertiary/aromatic N) is 2. The zero-order valence-corrected chi connectivity index (χ0v) is 14.7. The maximum absolute atomic E-state index is 12.5. The molecule has 3 rings (SSSR count). The molecule has 0 radical (unpaired) electrons. The van der Waals surface area contributed by atoms with E-state index < -0.39 is 9.84 Å². The molecule has 2 heterocycles. The summed E-state index contributed by atoms with van der Waals surface area (Å²) >= 11 is 5.83. The van der Waals surface area contributed by atoms with Crippen molar-refractivity contribution in [3.63, 3.8) is 0 Å². The first-order valence-electron chi connectivity index (χ1n) is 7.81. The zero-order chi connectivity index (χ0) is 16.4. The van der Waals surface area contributed by atoms with Crippen molar-refractivity contribution in [3.05, 3.63) is 53.3 Å². The van der Waals surface area contributed by atoms with Crippen molar-refractivity contribution >= 4 is 21.4 Å². The summed E-state index contributed by atoms with van der Waals surface area (Å²) < 4.78 is 27.1. The number of hydrogen-bond acceptors (Lipinski definition) is 3. The van der Waals surface area contributed by atoms with Gasteiger partial charge in [0, 0.05) is 30.5 Å². The Hall–Kier alpha value is -1.30. The quantitative estimate of drug-likeness (QED) is 0.829. The third kappa shape index (κ3) is 3.62. The topological polar surface area (TPSA) is 42.3 Å². The van der Waals surface area contributed by atoms with E-state index in [0.717, 1.165) is 19.4 Å². The Labute approximate surface area is 142 Å². The van der Waals surface area contributed by atoms with E-state index in [1.807, 2.05) is 19.3 Å². The number of sulfone groups is 1. The summed E-state index contributed by atoms with van der Waals surface area (Å²) in [6.45, 7) is 1.51. The standard InChI is InChI=1S/C17H21ClN2O2S/c1-19-10-2-4-16(19)17-5-3-11-20(17)12-13-23(21,22)15-8-6-14(18)7-9-15/h2,4,6-10,17H,3,5,11-13H2,1H3/t17-/m0/s1. The van der Waals surface area contributed by atoms with Crippen molar-refractivity contribution in [3.8, 4) is 0 Å². The van der Waals surface area contributed by atoms with Crippen LogP contribution in [0, 0.1) is 0 Å². The van der Waals surface area contributed by atoms with Gasteiger partial charge >= 0.3 is 0 Å². The average molecular weight is 353 g/mol. The minimum atomic E-state index is -3.27. The molecule has 124 valence electrons. The lowest BCUT2D eigenvalue weighted by molar-refractivity contribution is 0.264. The molecule has 1 atom stereocenters. The number of rotatable bonds is 5. The van der Waals surface area contributed by atoms with Crippen LogP contribution in [0.2, 0.25) is 5.02 Å². The molecule has 0 unspecified atom stereocenters. The van der Waals surface area contributed by atoms with Gasteiger partial charge in [0.05, 0.1) is 16.7 Å². The maximum Gasteiger partial charge on any atom is 0.179 e. The highest BCUT2D eigenvalue weighted by molar-refractivity contribution is 7.91. The number of halogens is 1. The van der Waals surface area contributed by atoms with Crippen LogP contribution in [0.3, 0.4) is 0 Å². The minimum absolute atomic E-state index is 0.134. The fourth-order valence-electron chi connectivity index (χ4n) is 3.25. The van der Waals surface area contributed by atoms with Crippen molar-refractivity contribution in [1.29, 1.82) is 0 Å². The summed E-state index contributed by atoms with van der Waals surface area (Å²) in [6.07, 6.45) is 4.23. The molecular weight excluding hydrogens is 332 g/mol. The molecule has 4 nitrogen and oxygen atoms in total. The van der Waals surface area contributed by atoms with Crippen LogP contribution in [0.15, 0.2) is 47.5 Å². The Balaban J connectivity index is 1.69. The van der Waals surface area contributed by atoms with Crippen LogP contribution < -0.4 is 0 Å². The second kappa shape index (κ2) is 6.67. The largest absolute Gasteiger partial charge is 0.353 e. The molecular formula is C17H21ClN2O2S. The predicted molar refractivity (Wildman–Crippen MR) is 92.5 cm³/mol. The lowest BCUT2D eigenvalue weighted by Crippen LogP contribution is -2.30. The Morgan fingerprint density at radius 3 is 2.61 bits per heavy atom. The molecule has 0 aliphatic carbocycles. The molecule has 1 aromatic carbocycles. The first-order valence-corrected chi connectivity index (χ1v) is 9.84. The third-order valence-electron chi connectivity index (χ3n) is 4.51. The zero-order valence-electron chi connectivity index (χ0n) is 13.2. The number of likely N-dealkylation sites (tertiary alicyclic amines) is 1. The van der Waals surface area contributed by atoms with Crippen LogP contribution in [0.25, 0.3) is 0 Å².